The molecule has 3 aromatic rings. The number of nitrogens with zero attached hydrogens (tertiary/aromatic N) is 1. The zero-order chi connectivity index (χ0) is 16.5. The van der Waals surface area contributed by atoms with Gasteiger partial charge in [-0.2, -0.15) is 0 Å². The third-order valence-corrected chi connectivity index (χ3v) is 5.65. The van der Waals surface area contributed by atoms with E-state index in [0.717, 1.165) is 5.92 Å². The van der Waals surface area contributed by atoms with E-state index in [1.165, 1.54) is 65.3 Å². The summed E-state index contributed by atoms with van der Waals surface area (Å²) in [5.74, 6) is 0.881. The molecule has 0 aliphatic heterocycles. The van der Waals surface area contributed by atoms with Crippen molar-refractivity contribution in [3.8, 4) is 11.3 Å². The lowest BCUT2D eigenvalue weighted by atomic mass is 9.92. The number of fused-ring (bicyclic) bond motifs is 1. The van der Waals surface area contributed by atoms with Crippen molar-refractivity contribution in [2.24, 2.45) is 13.0 Å². The molecule has 24 heavy (non-hydrogen) atoms. The number of aryl methyl sites for hydroxylation is 2. The van der Waals surface area contributed by atoms with Gasteiger partial charge in [0.15, 0.2) is 6.20 Å². The van der Waals surface area contributed by atoms with Gasteiger partial charge < -0.3 is 0 Å². The van der Waals surface area contributed by atoms with E-state index in [1.807, 2.05) is 0 Å². The van der Waals surface area contributed by atoms with Crippen LogP contribution in [0.15, 0.2) is 54.7 Å². The van der Waals surface area contributed by atoms with Crippen molar-refractivity contribution in [3.05, 3.63) is 65.9 Å². The second kappa shape index (κ2) is 6.39. The first-order valence-corrected chi connectivity index (χ1v) is 9.20. The van der Waals surface area contributed by atoms with Crippen LogP contribution in [-0.4, -0.2) is 0 Å². The Bertz CT molecular complexity index is 872. The van der Waals surface area contributed by atoms with Crippen molar-refractivity contribution in [2.45, 2.75) is 39.0 Å². The molecular formula is C23H26N+. The van der Waals surface area contributed by atoms with Gasteiger partial charge in [-0.1, -0.05) is 56.0 Å². The first-order valence-electron chi connectivity index (χ1n) is 9.20. The smallest absolute Gasteiger partial charge is 0.200 e. The maximum Gasteiger partial charge on any atom is 0.220 e. The van der Waals surface area contributed by atoms with Crippen LogP contribution in [-0.2, 0) is 13.5 Å². The van der Waals surface area contributed by atoms with Crippen LogP contribution in [0.2, 0.25) is 0 Å². The molecule has 1 nitrogen and oxygen atoms in total. The molecule has 0 spiro atoms. The van der Waals surface area contributed by atoms with Crippen molar-refractivity contribution >= 4 is 10.8 Å². The summed E-state index contributed by atoms with van der Waals surface area (Å²) in [6.45, 7) is 2.20. The van der Waals surface area contributed by atoms with Gasteiger partial charge >= 0.3 is 0 Å². The van der Waals surface area contributed by atoms with Crippen LogP contribution >= 0.6 is 0 Å². The van der Waals surface area contributed by atoms with E-state index in [-0.39, 0.29) is 0 Å². The summed E-state index contributed by atoms with van der Waals surface area (Å²) in [6, 6.07) is 17.9. The van der Waals surface area contributed by atoms with Crippen LogP contribution in [0.3, 0.4) is 0 Å². The molecule has 0 radical (unpaired) electrons. The van der Waals surface area contributed by atoms with Crippen LogP contribution in [0.4, 0.5) is 0 Å². The van der Waals surface area contributed by atoms with Gasteiger partial charge in [-0.3, -0.25) is 0 Å². The Kier molecular flexibility index (Phi) is 4.10. The highest BCUT2D eigenvalue weighted by molar-refractivity contribution is 5.95. The fourth-order valence-electron chi connectivity index (χ4n) is 4.34. The maximum atomic E-state index is 2.34. The van der Waals surface area contributed by atoms with E-state index in [2.05, 4.69) is 73.3 Å². The predicted octanol–water partition coefficient (Wildman–Crippen LogP) is 5.37. The lowest BCUT2D eigenvalue weighted by molar-refractivity contribution is -0.659. The molecule has 1 aliphatic rings. The van der Waals surface area contributed by atoms with Gasteiger partial charge in [0, 0.05) is 11.6 Å². The predicted molar refractivity (Wildman–Crippen MR) is 101 cm³/mol. The SMILES string of the molecule is Cc1ccccc1-c1c2cccc(CC3CCCC3)c2cc[n+]1C. The zero-order valence-electron chi connectivity index (χ0n) is 14.8. The fraction of sp³-hybridized carbons (Fsp3) is 0.348. The first-order chi connectivity index (χ1) is 11.7. The Labute approximate surface area is 145 Å². The number of hydrogen-bond acceptors (Lipinski definition) is 0. The Morgan fingerprint density at radius 3 is 2.50 bits per heavy atom. The number of rotatable bonds is 3. The molecule has 1 heterocycles. The molecule has 1 aromatic heterocycles. The molecule has 2 aromatic carbocycles. The summed E-state index contributed by atoms with van der Waals surface area (Å²) in [5.41, 5.74) is 5.53. The Hall–Kier alpha value is -2.15. The summed E-state index contributed by atoms with van der Waals surface area (Å²) in [4.78, 5) is 0. The van der Waals surface area contributed by atoms with Crippen molar-refractivity contribution in [1.82, 2.24) is 0 Å². The number of aromatic nitrogens is 1. The summed E-state index contributed by atoms with van der Waals surface area (Å²) in [7, 11) is 2.16. The van der Waals surface area contributed by atoms with Crippen LogP contribution < -0.4 is 4.57 Å². The summed E-state index contributed by atoms with van der Waals surface area (Å²) >= 11 is 0. The molecule has 0 unspecified atom stereocenters. The average Bonchev–Trinajstić information content (AvgIpc) is 3.09. The topological polar surface area (TPSA) is 3.88 Å². The van der Waals surface area contributed by atoms with E-state index >= 15 is 0 Å². The minimum Gasteiger partial charge on any atom is -0.200 e. The van der Waals surface area contributed by atoms with Gasteiger partial charge in [0.25, 0.3) is 0 Å². The van der Waals surface area contributed by atoms with E-state index in [9.17, 15) is 0 Å². The lowest BCUT2D eigenvalue weighted by Crippen LogP contribution is -2.30. The number of hydrogen-bond donors (Lipinski definition) is 0. The van der Waals surface area contributed by atoms with Gasteiger partial charge in [0.2, 0.25) is 5.69 Å². The van der Waals surface area contributed by atoms with E-state index in [1.54, 1.807) is 0 Å². The average molecular weight is 316 g/mol. The van der Waals surface area contributed by atoms with Gasteiger partial charge in [0.1, 0.15) is 7.05 Å². The second-order valence-electron chi connectivity index (χ2n) is 7.32. The molecule has 0 saturated heterocycles. The number of pyridine rings is 1. The Morgan fingerprint density at radius 2 is 1.71 bits per heavy atom. The molecular weight excluding hydrogens is 290 g/mol. The molecule has 0 bridgehead atoms. The quantitative estimate of drug-likeness (QED) is 0.572. The minimum absolute atomic E-state index is 0.881. The molecule has 0 atom stereocenters. The summed E-state index contributed by atoms with van der Waals surface area (Å²) in [6.07, 6.45) is 9.10. The molecule has 1 saturated carbocycles. The monoisotopic (exact) mass is 316 g/mol. The second-order valence-corrected chi connectivity index (χ2v) is 7.32. The van der Waals surface area contributed by atoms with Crippen molar-refractivity contribution < 1.29 is 4.57 Å². The molecule has 1 aliphatic carbocycles. The van der Waals surface area contributed by atoms with Gasteiger partial charge in [-0.05, 0) is 47.9 Å². The maximum absolute atomic E-state index is 2.34. The molecule has 4 rings (SSSR count). The summed E-state index contributed by atoms with van der Waals surface area (Å²) in [5, 5.41) is 2.81. The molecule has 122 valence electrons. The highest BCUT2D eigenvalue weighted by Gasteiger charge is 2.20. The van der Waals surface area contributed by atoms with E-state index < -0.39 is 0 Å². The normalized spacial score (nSPS) is 15.2. The van der Waals surface area contributed by atoms with Gasteiger partial charge in [-0.15, -0.1) is 0 Å². The highest BCUT2D eigenvalue weighted by atomic mass is 14.9. The van der Waals surface area contributed by atoms with Crippen molar-refractivity contribution in [2.75, 3.05) is 0 Å². The minimum atomic E-state index is 0.881. The molecule has 0 amide bonds. The first kappa shape index (κ1) is 15.4. The third kappa shape index (κ3) is 2.73. The summed E-state index contributed by atoms with van der Waals surface area (Å²) < 4.78 is 2.27. The van der Waals surface area contributed by atoms with E-state index in [4.69, 9.17) is 0 Å². The molecule has 0 N–H and O–H groups in total. The number of benzene rings is 2. The standard InChI is InChI=1S/C23H26N/c1-17-8-3-6-12-20(17)23-22-13-7-11-19(16-18-9-4-5-10-18)21(22)14-15-24(23)2/h3,6-8,11-15,18H,4-5,9-10,16H2,1-2H3/q+1. The van der Waals surface area contributed by atoms with E-state index in [0.29, 0.717) is 0 Å². The van der Waals surface area contributed by atoms with Crippen molar-refractivity contribution in [1.29, 1.82) is 0 Å². The molecule has 1 heteroatoms. The van der Waals surface area contributed by atoms with Gasteiger partial charge in [0.05, 0.1) is 5.39 Å². The largest absolute Gasteiger partial charge is 0.220 e. The molecule has 1 fully saturated rings. The van der Waals surface area contributed by atoms with Crippen molar-refractivity contribution in [3.63, 3.8) is 0 Å². The van der Waals surface area contributed by atoms with Crippen LogP contribution in [0.25, 0.3) is 22.0 Å². The van der Waals surface area contributed by atoms with Crippen LogP contribution in [0, 0.1) is 12.8 Å². The third-order valence-electron chi connectivity index (χ3n) is 5.65. The Morgan fingerprint density at radius 1 is 0.917 bits per heavy atom. The lowest BCUT2D eigenvalue weighted by Gasteiger charge is -2.13. The van der Waals surface area contributed by atoms with Crippen LogP contribution in [0.1, 0.15) is 36.8 Å². The van der Waals surface area contributed by atoms with Crippen LogP contribution in [0.5, 0.6) is 0 Å². The highest BCUT2D eigenvalue weighted by Crippen LogP contribution is 2.33. The Balaban J connectivity index is 1.88. The zero-order valence-corrected chi connectivity index (χ0v) is 14.8. The fourth-order valence-corrected chi connectivity index (χ4v) is 4.34. The van der Waals surface area contributed by atoms with Gasteiger partial charge in [-0.25, -0.2) is 4.57 Å².